The van der Waals surface area contributed by atoms with E-state index in [2.05, 4.69) is 6.92 Å². The summed E-state index contributed by atoms with van der Waals surface area (Å²) in [6, 6.07) is 1.59. The predicted octanol–water partition coefficient (Wildman–Crippen LogP) is 0.936. The zero-order valence-electron chi connectivity index (χ0n) is 11.0. The van der Waals surface area contributed by atoms with Gasteiger partial charge in [0.15, 0.2) is 0 Å². The van der Waals surface area contributed by atoms with E-state index in [1.807, 2.05) is 6.92 Å². The number of aliphatic hydroxyl groups is 1. The molecule has 0 radical (unpaired) electrons. The SMILES string of the molecule is CC1CC(C)N(S(=O)(=O)c2cc(CO)n(C)c2)C1. The molecule has 0 amide bonds. The fourth-order valence-corrected chi connectivity index (χ4v) is 4.46. The molecule has 1 aliphatic heterocycles. The van der Waals surface area contributed by atoms with Crippen molar-refractivity contribution in [3.05, 3.63) is 18.0 Å². The van der Waals surface area contributed by atoms with Crippen molar-refractivity contribution in [3.63, 3.8) is 0 Å². The van der Waals surface area contributed by atoms with Gasteiger partial charge in [-0.1, -0.05) is 6.92 Å². The molecular formula is C12H20N2O3S. The first-order valence-corrected chi connectivity index (χ1v) is 7.58. The number of aromatic nitrogens is 1. The van der Waals surface area contributed by atoms with E-state index in [1.54, 1.807) is 28.2 Å². The van der Waals surface area contributed by atoms with Crippen LogP contribution < -0.4 is 0 Å². The molecule has 6 heteroatoms. The largest absolute Gasteiger partial charge is 0.390 e. The Morgan fingerprint density at radius 1 is 1.44 bits per heavy atom. The Bertz CT molecular complexity index is 536. The smallest absolute Gasteiger partial charge is 0.244 e. The first-order chi connectivity index (χ1) is 8.36. The summed E-state index contributed by atoms with van der Waals surface area (Å²) >= 11 is 0. The Morgan fingerprint density at radius 2 is 2.11 bits per heavy atom. The molecule has 0 aliphatic carbocycles. The molecule has 0 spiro atoms. The van der Waals surface area contributed by atoms with Crippen LogP contribution >= 0.6 is 0 Å². The summed E-state index contributed by atoms with van der Waals surface area (Å²) in [5, 5.41) is 9.13. The van der Waals surface area contributed by atoms with Gasteiger partial charge in [0.25, 0.3) is 0 Å². The van der Waals surface area contributed by atoms with Crippen molar-refractivity contribution in [2.24, 2.45) is 13.0 Å². The number of sulfonamides is 1. The third-order valence-electron chi connectivity index (χ3n) is 3.58. The molecule has 1 fully saturated rings. The van der Waals surface area contributed by atoms with E-state index in [9.17, 15) is 8.42 Å². The molecule has 18 heavy (non-hydrogen) atoms. The van der Waals surface area contributed by atoms with Gasteiger partial charge in [-0.3, -0.25) is 0 Å². The van der Waals surface area contributed by atoms with Gasteiger partial charge in [0.1, 0.15) is 4.90 Å². The van der Waals surface area contributed by atoms with Gasteiger partial charge in [-0.25, -0.2) is 8.42 Å². The average molecular weight is 272 g/mol. The average Bonchev–Trinajstić information content (AvgIpc) is 2.82. The molecule has 2 rings (SSSR count). The molecule has 1 saturated heterocycles. The molecule has 1 aliphatic rings. The van der Waals surface area contributed by atoms with Gasteiger partial charge in [-0.05, 0) is 25.3 Å². The number of aryl methyl sites for hydroxylation is 1. The van der Waals surface area contributed by atoms with Crippen LogP contribution in [0.5, 0.6) is 0 Å². The highest BCUT2D eigenvalue weighted by molar-refractivity contribution is 7.89. The summed E-state index contributed by atoms with van der Waals surface area (Å²) in [5.41, 5.74) is 0.605. The van der Waals surface area contributed by atoms with Crippen molar-refractivity contribution in [1.29, 1.82) is 0 Å². The van der Waals surface area contributed by atoms with Crippen LogP contribution in [0, 0.1) is 5.92 Å². The molecule has 1 aromatic rings. The maximum absolute atomic E-state index is 12.5. The summed E-state index contributed by atoms with van der Waals surface area (Å²) in [6.45, 7) is 4.43. The first-order valence-electron chi connectivity index (χ1n) is 6.14. The van der Waals surface area contributed by atoms with Crippen molar-refractivity contribution >= 4 is 10.0 Å². The standard InChI is InChI=1S/C12H20N2O3S/c1-9-4-10(2)14(6-9)18(16,17)12-5-11(8-15)13(3)7-12/h5,7,9-10,15H,4,6,8H2,1-3H3. The van der Waals surface area contributed by atoms with Crippen LogP contribution in [0.1, 0.15) is 26.0 Å². The first kappa shape index (κ1) is 13.6. The lowest BCUT2D eigenvalue weighted by Gasteiger charge is -2.20. The number of hydrogen-bond acceptors (Lipinski definition) is 3. The number of hydrogen-bond donors (Lipinski definition) is 1. The molecular weight excluding hydrogens is 252 g/mol. The highest BCUT2D eigenvalue weighted by Crippen LogP contribution is 2.29. The zero-order chi connectivity index (χ0) is 13.5. The summed E-state index contributed by atoms with van der Waals surface area (Å²) in [7, 11) is -1.69. The van der Waals surface area contributed by atoms with E-state index in [-0.39, 0.29) is 17.5 Å². The second-order valence-electron chi connectivity index (χ2n) is 5.20. The summed E-state index contributed by atoms with van der Waals surface area (Å²) in [6.07, 6.45) is 2.47. The summed E-state index contributed by atoms with van der Waals surface area (Å²) < 4.78 is 28.2. The fourth-order valence-electron chi connectivity index (χ4n) is 2.61. The lowest BCUT2D eigenvalue weighted by molar-refractivity contribution is 0.272. The minimum Gasteiger partial charge on any atom is -0.390 e. The molecule has 102 valence electrons. The monoisotopic (exact) mass is 272 g/mol. The van der Waals surface area contributed by atoms with Crippen LogP contribution in [0.25, 0.3) is 0 Å². The third kappa shape index (κ3) is 2.20. The van der Waals surface area contributed by atoms with Crippen LogP contribution in [-0.2, 0) is 23.7 Å². The maximum atomic E-state index is 12.5. The Labute approximate surface area is 108 Å². The highest BCUT2D eigenvalue weighted by Gasteiger charge is 2.36. The fraction of sp³-hybridized carbons (Fsp3) is 0.667. The van der Waals surface area contributed by atoms with Crippen molar-refractivity contribution in [2.45, 2.75) is 37.8 Å². The summed E-state index contributed by atoms with van der Waals surface area (Å²) in [4.78, 5) is 0.273. The van der Waals surface area contributed by atoms with Crippen LogP contribution in [0.2, 0.25) is 0 Å². The maximum Gasteiger partial charge on any atom is 0.244 e. The van der Waals surface area contributed by atoms with Gasteiger partial charge < -0.3 is 9.67 Å². The van der Waals surface area contributed by atoms with Gasteiger partial charge in [0.2, 0.25) is 10.0 Å². The molecule has 0 aromatic carbocycles. The van der Waals surface area contributed by atoms with Gasteiger partial charge in [-0.2, -0.15) is 4.31 Å². The second kappa shape index (κ2) is 4.68. The molecule has 2 heterocycles. The van der Waals surface area contributed by atoms with E-state index in [4.69, 9.17) is 5.11 Å². The lowest BCUT2D eigenvalue weighted by Crippen LogP contribution is -2.33. The van der Waals surface area contributed by atoms with Gasteiger partial charge in [0.05, 0.1) is 6.61 Å². The lowest BCUT2D eigenvalue weighted by atomic mass is 10.1. The number of aliphatic hydroxyl groups excluding tert-OH is 1. The van der Waals surface area contributed by atoms with Crippen molar-refractivity contribution in [2.75, 3.05) is 6.54 Å². The van der Waals surface area contributed by atoms with E-state index >= 15 is 0 Å². The Balaban J connectivity index is 2.36. The van der Waals surface area contributed by atoms with E-state index in [0.29, 0.717) is 18.2 Å². The second-order valence-corrected chi connectivity index (χ2v) is 7.09. The topological polar surface area (TPSA) is 62.5 Å². The van der Waals surface area contributed by atoms with Crippen molar-refractivity contribution < 1.29 is 13.5 Å². The van der Waals surface area contributed by atoms with E-state index < -0.39 is 10.0 Å². The molecule has 2 unspecified atom stereocenters. The Hall–Kier alpha value is -0.850. The minimum absolute atomic E-state index is 0.0442. The molecule has 0 bridgehead atoms. The van der Waals surface area contributed by atoms with Gasteiger partial charge in [-0.15, -0.1) is 0 Å². The van der Waals surface area contributed by atoms with Crippen LogP contribution in [0.4, 0.5) is 0 Å². The molecule has 1 aromatic heterocycles. The van der Waals surface area contributed by atoms with Crippen LogP contribution in [-0.4, -0.2) is 35.0 Å². The predicted molar refractivity (Wildman–Crippen MR) is 68.5 cm³/mol. The normalized spacial score (nSPS) is 25.8. The third-order valence-corrected chi connectivity index (χ3v) is 5.52. The Kier molecular flexibility index (Phi) is 3.53. The van der Waals surface area contributed by atoms with Crippen LogP contribution in [0.15, 0.2) is 17.2 Å². The summed E-state index contributed by atoms with van der Waals surface area (Å²) in [5.74, 6) is 0.399. The van der Waals surface area contributed by atoms with E-state index in [0.717, 1.165) is 6.42 Å². The highest BCUT2D eigenvalue weighted by atomic mass is 32.2. The van der Waals surface area contributed by atoms with Gasteiger partial charge >= 0.3 is 0 Å². The number of rotatable bonds is 3. The quantitative estimate of drug-likeness (QED) is 0.890. The molecule has 5 nitrogen and oxygen atoms in total. The van der Waals surface area contributed by atoms with Gasteiger partial charge in [0, 0.05) is 31.5 Å². The van der Waals surface area contributed by atoms with E-state index in [1.165, 1.54) is 0 Å². The number of nitrogens with zero attached hydrogens (tertiary/aromatic N) is 2. The van der Waals surface area contributed by atoms with Crippen LogP contribution in [0.3, 0.4) is 0 Å². The van der Waals surface area contributed by atoms with Crippen molar-refractivity contribution in [3.8, 4) is 0 Å². The van der Waals surface area contributed by atoms with Crippen molar-refractivity contribution in [1.82, 2.24) is 8.87 Å². The molecule has 0 saturated carbocycles. The zero-order valence-corrected chi connectivity index (χ0v) is 11.8. The Morgan fingerprint density at radius 3 is 2.56 bits per heavy atom. The minimum atomic E-state index is -3.43. The molecule has 2 atom stereocenters. The molecule has 1 N–H and O–H groups in total.